The zero-order valence-electron chi connectivity index (χ0n) is 11.3. The van der Waals surface area contributed by atoms with Crippen molar-refractivity contribution >= 4 is 23.2 Å². The number of hydrogen-bond acceptors (Lipinski definition) is 3. The number of aromatic amines is 1. The standard InChI is InChI=1S/C15H13N3O3/c1-9-6-7-10(14(20)16-9)15(21)18-8-13(19)17-11-4-2-3-5-12(11)18/h2-7H,8H2,1H3,(H,16,20)(H,17,19). The summed E-state index contributed by atoms with van der Waals surface area (Å²) in [6, 6.07) is 10.1. The van der Waals surface area contributed by atoms with Gasteiger partial charge >= 0.3 is 0 Å². The van der Waals surface area contributed by atoms with Gasteiger partial charge in [0.05, 0.1) is 11.4 Å². The van der Waals surface area contributed by atoms with Crippen molar-refractivity contribution in [2.24, 2.45) is 0 Å². The number of benzene rings is 1. The van der Waals surface area contributed by atoms with Crippen LogP contribution >= 0.6 is 0 Å². The van der Waals surface area contributed by atoms with Crippen molar-refractivity contribution in [3.8, 4) is 0 Å². The highest BCUT2D eigenvalue weighted by molar-refractivity contribution is 6.14. The monoisotopic (exact) mass is 283 g/mol. The van der Waals surface area contributed by atoms with Crippen LogP contribution in [0.5, 0.6) is 0 Å². The molecule has 2 heterocycles. The van der Waals surface area contributed by atoms with E-state index >= 15 is 0 Å². The maximum atomic E-state index is 12.6. The summed E-state index contributed by atoms with van der Waals surface area (Å²) in [5, 5.41) is 2.70. The highest BCUT2D eigenvalue weighted by atomic mass is 16.2. The smallest absolute Gasteiger partial charge is 0.264 e. The van der Waals surface area contributed by atoms with Crippen molar-refractivity contribution in [2.75, 3.05) is 16.8 Å². The molecule has 0 saturated heterocycles. The molecule has 1 aromatic heterocycles. The number of nitrogens with one attached hydrogen (secondary N) is 2. The third kappa shape index (κ3) is 2.31. The topological polar surface area (TPSA) is 82.3 Å². The summed E-state index contributed by atoms with van der Waals surface area (Å²) in [4.78, 5) is 40.1. The summed E-state index contributed by atoms with van der Waals surface area (Å²) < 4.78 is 0. The van der Waals surface area contributed by atoms with Crippen molar-refractivity contribution in [1.29, 1.82) is 0 Å². The number of aromatic nitrogens is 1. The molecule has 0 saturated carbocycles. The van der Waals surface area contributed by atoms with E-state index in [1.165, 1.54) is 11.0 Å². The molecule has 21 heavy (non-hydrogen) atoms. The predicted octanol–water partition coefficient (Wildman–Crippen LogP) is 1.28. The van der Waals surface area contributed by atoms with E-state index in [9.17, 15) is 14.4 Å². The fourth-order valence-electron chi connectivity index (χ4n) is 2.30. The van der Waals surface area contributed by atoms with E-state index < -0.39 is 11.5 Å². The zero-order valence-corrected chi connectivity index (χ0v) is 11.3. The van der Waals surface area contributed by atoms with E-state index in [1.54, 1.807) is 37.3 Å². The Morgan fingerprint density at radius 3 is 2.67 bits per heavy atom. The molecule has 2 amide bonds. The number of para-hydroxylation sites is 2. The first-order valence-electron chi connectivity index (χ1n) is 6.47. The average molecular weight is 283 g/mol. The van der Waals surface area contributed by atoms with E-state index in [1.807, 2.05) is 0 Å². The molecule has 106 valence electrons. The van der Waals surface area contributed by atoms with Gasteiger partial charge in [0.25, 0.3) is 11.5 Å². The second-order valence-electron chi connectivity index (χ2n) is 4.84. The number of rotatable bonds is 1. The lowest BCUT2D eigenvalue weighted by Crippen LogP contribution is -2.43. The van der Waals surface area contributed by atoms with E-state index in [-0.39, 0.29) is 18.0 Å². The van der Waals surface area contributed by atoms with Gasteiger partial charge in [-0.3, -0.25) is 19.3 Å². The maximum Gasteiger partial charge on any atom is 0.264 e. The quantitative estimate of drug-likeness (QED) is 0.827. The molecule has 0 spiro atoms. The minimum atomic E-state index is -0.487. The van der Waals surface area contributed by atoms with Crippen LogP contribution in [-0.4, -0.2) is 23.3 Å². The van der Waals surface area contributed by atoms with Gasteiger partial charge < -0.3 is 10.3 Å². The van der Waals surface area contributed by atoms with Crippen LogP contribution in [0.3, 0.4) is 0 Å². The molecular formula is C15H13N3O3. The second-order valence-corrected chi connectivity index (χ2v) is 4.84. The first-order chi connectivity index (χ1) is 10.1. The van der Waals surface area contributed by atoms with Crippen LogP contribution in [0.4, 0.5) is 11.4 Å². The van der Waals surface area contributed by atoms with E-state index in [0.717, 1.165) is 0 Å². The second kappa shape index (κ2) is 4.90. The fourth-order valence-corrected chi connectivity index (χ4v) is 2.30. The Morgan fingerprint density at radius 1 is 1.14 bits per heavy atom. The van der Waals surface area contributed by atoms with E-state index in [0.29, 0.717) is 17.1 Å². The molecule has 6 heteroatoms. The minimum Gasteiger partial charge on any atom is -0.326 e. The van der Waals surface area contributed by atoms with Gasteiger partial charge in [-0.25, -0.2) is 0 Å². The van der Waals surface area contributed by atoms with Crippen LogP contribution in [0.1, 0.15) is 16.1 Å². The zero-order chi connectivity index (χ0) is 15.0. The SMILES string of the molecule is Cc1ccc(C(=O)N2CC(=O)Nc3ccccc32)c(=O)[nH]1. The molecule has 1 aliphatic heterocycles. The molecule has 0 radical (unpaired) electrons. The van der Waals surface area contributed by atoms with Gasteiger partial charge in [-0.1, -0.05) is 12.1 Å². The van der Waals surface area contributed by atoms with Crippen molar-refractivity contribution < 1.29 is 9.59 Å². The highest BCUT2D eigenvalue weighted by Gasteiger charge is 2.28. The first-order valence-corrected chi connectivity index (χ1v) is 6.47. The average Bonchev–Trinajstić information content (AvgIpc) is 2.45. The van der Waals surface area contributed by atoms with Crippen LogP contribution < -0.4 is 15.8 Å². The lowest BCUT2D eigenvalue weighted by atomic mass is 10.1. The van der Waals surface area contributed by atoms with Gasteiger partial charge in [0.1, 0.15) is 12.1 Å². The van der Waals surface area contributed by atoms with Crippen molar-refractivity contribution in [1.82, 2.24) is 4.98 Å². The molecule has 2 aromatic rings. The number of fused-ring (bicyclic) bond motifs is 1. The van der Waals surface area contributed by atoms with E-state index in [2.05, 4.69) is 10.3 Å². The third-order valence-corrected chi connectivity index (χ3v) is 3.30. The number of carbonyl (C=O) groups excluding carboxylic acids is 2. The van der Waals surface area contributed by atoms with Gasteiger partial charge in [0.2, 0.25) is 5.91 Å². The van der Waals surface area contributed by atoms with Crippen LogP contribution in [0.25, 0.3) is 0 Å². The molecule has 0 unspecified atom stereocenters. The van der Waals surface area contributed by atoms with Crippen molar-refractivity contribution in [3.63, 3.8) is 0 Å². The number of pyridine rings is 1. The van der Waals surface area contributed by atoms with Gasteiger partial charge in [0.15, 0.2) is 0 Å². The minimum absolute atomic E-state index is 0.0186. The van der Waals surface area contributed by atoms with Gasteiger partial charge in [-0.2, -0.15) is 0 Å². The Labute approximate surface area is 120 Å². The van der Waals surface area contributed by atoms with Crippen LogP contribution in [0.15, 0.2) is 41.2 Å². The Balaban J connectivity index is 2.06. The molecule has 6 nitrogen and oxygen atoms in total. The molecular weight excluding hydrogens is 270 g/mol. The number of anilines is 2. The van der Waals surface area contributed by atoms with Crippen LogP contribution in [-0.2, 0) is 4.79 Å². The molecule has 0 bridgehead atoms. The summed E-state index contributed by atoms with van der Waals surface area (Å²) in [5.74, 6) is -0.774. The molecule has 1 aliphatic rings. The largest absolute Gasteiger partial charge is 0.326 e. The summed E-state index contributed by atoms with van der Waals surface area (Å²) in [6.07, 6.45) is 0. The Morgan fingerprint density at radius 2 is 1.90 bits per heavy atom. The number of nitrogens with zero attached hydrogens (tertiary/aromatic N) is 1. The lowest BCUT2D eigenvalue weighted by molar-refractivity contribution is -0.115. The Kier molecular flexibility index (Phi) is 3.06. The summed E-state index contributed by atoms with van der Waals surface area (Å²) in [7, 11) is 0. The summed E-state index contributed by atoms with van der Waals surface area (Å²) >= 11 is 0. The third-order valence-electron chi connectivity index (χ3n) is 3.30. The summed E-state index contributed by atoms with van der Waals surface area (Å²) in [6.45, 7) is 1.63. The first kappa shape index (κ1) is 13.1. The fraction of sp³-hybridized carbons (Fsp3) is 0.133. The van der Waals surface area contributed by atoms with Crippen LogP contribution in [0, 0.1) is 6.92 Å². The molecule has 0 fully saturated rings. The molecule has 2 N–H and O–H groups in total. The molecule has 1 aromatic carbocycles. The van der Waals surface area contributed by atoms with Crippen LogP contribution in [0.2, 0.25) is 0 Å². The predicted molar refractivity (Wildman–Crippen MR) is 78.5 cm³/mol. The number of aryl methyl sites for hydroxylation is 1. The lowest BCUT2D eigenvalue weighted by Gasteiger charge is -2.28. The molecule has 0 atom stereocenters. The van der Waals surface area contributed by atoms with Gasteiger partial charge in [-0.15, -0.1) is 0 Å². The van der Waals surface area contributed by atoms with Crippen molar-refractivity contribution in [3.05, 3.63) is 58.0 Å². The van der Waals surface area contributed by atoms with Crippen molar-refractivity contribution in [2.45, 2.75) is 6.92 Å². The van der Waals surface area contributed by atoms with Gasteiger partial charge in [0, 0.05) is 5.69 Å². The Bertz CT molecular complexity index is 795. The number of amides is 2. The highest BCUT2D eigenvalue weighted by Crippen LogP contribution is 2.29. The Hall–Kier alpha value is -2.89. The molecule has 0 aliphatic carbocycles. The number of carbonyl (C=O) groups is 2. The molecule has 3 rings (SSSR count). The summed E-state index contributed by atoms with van der Waals surface area (Å²) in [5.41, 5.74) is 1.38. The maximum absolute atomic E-state index is 12.6. The normalized spacial score (nSPS) is 13.6. The van der Waals surface area contributed by atoms with Gasteiger partial charge in [-0.05, 0) is 31.2 Å². The van der Waals surface area contributed by atoms with E-state index in [4.69, 9.17) is 0 Å². The number of hydrogen-bond donors (Lipinski definition) is 2. The number of H-pyrrole nitrogens is 1.